The molecule has 1 aliphatic rings. The van der Waals surface area contributed by atoms with E-state index in [0.717, 1.165) is 23.4 Å². The molecule has 2 aromatic carbocycles. The summed E-state index contributed by atoms with van der Waals surface area (Å²) in [7, 11) is 0. The third-order valence-corrected chi connectivity index (χ3v) is 5.68. The Labute approximate surface area is 159 Å². The Kier molecular flexibility index (Phi) is 5.71. The molecule has 0 saturated carbocycles. The maximum absolute atomic E-state index is 12.8. The predicted molar refractivity (Wildman–Crippen MR) is 104 cm³/mol. The second-order valence-corrected chi connectivity index (χ2v) is 7.63. The van der Waals surface area contributed by atoms with Crippen molar-refractivity contribution in [3.8, 4) is 0 Å². The second kappa shape index (κ2) is 7.80. The van der Waals surface area contributed by atoms with E-state index in [9.17, 15) is 4.79 Å². The topological polar surface area (TPSA) is 20.3 Å². The molecule has 25 heavy (non-hydrogen) atoms. The maximum atomic E-state index is 12.8. The summed E-state index contributed by atoms with van der Waals surface area (Å²) in [4.78, 5) is 14.8. The van der Waals surface area contributed by atoms with Gasteiger partial charge < -0.3 is 4.90 Å². The van der Waals surface area contributed by atoms with Crippen molar-refractivity contribution in [2.24, 2.45) is 0 Å². The molecule has 0 bridgehead atoms. The number of piperidine rings is 1. The molecular formula is C21H23Cl2NO. The van der Waals surface area contributed by atoms with E-state index in [-0.39, 0.29) is 23.9 Å². The van der Waals surface area contributed by atoms with Crippen molar-refractivity contribution < 1.29 is 4.79 Å². The first kappa shape index (κ1) is 18.3. The highest BCUT2D eigenvalue weighted by Crippen LogP contribution is 2.44. The minimum absolute atomic E-state index is 0.00642. The molecule has 4 heteroatoms. The van der Waals surface area contributed by atoms with Crippen LogP contribution in [0.5, 0.6) is 0 Å². The zero-order chi connectivity index (χ0) is 18.0. The van der Waals surface area contributed by atoms with Gasteiger partial charge in [0.15, 0.2) is 0 Å². The third kappa shape index (κ3) is 3.86. The third-order valence-electron chi connectivity index (χ3n) is 5.19. The molecule has 2 aromatic rings. The Hall–Kier alpha value is -1.51. The predicted octanol–water partition coefficient (Wildman–Crippen LogP) is 6.24. The van der Waals surface area contributed by atoms with Crippen LogP contribution in [0.3, 0.4) is 0 Å². The van der Waals surface area contributed by atoms with Crippen LogP contribution in [0.4, 0.5) is 0 Å². The van der Waals surface area contributed by atoms with Crippen molar-refractivity contribution in [3.63, 3.8) is 0 Å². The molecule has 0 aliphatic carbocycles. The first-order valence-electron chi connectivity index (χ1n) is 8.83. The van der Waals surface area contributed by atoms with Gasteiger partial charge in [0.1, 0.15) is 0 Å². The molecule has 3 atom stereocenters. The monoisotopic (exact) mass is 375 g/mol. The van der Waals surface area contributed by atoms with Gasteiger partial charge in [-0.3, -0.25) is 4.79 Å². The summed E-state index contributed by atoms with van der Waals surface area (Å²) in [5.41, 5.74) is 2.32. The number of nitrogens with zero attached hydrogens (tertiary/aromatic N) is 1. The number of amides is 1. The molecule has 1 heterocycles. The highest BCUT2D eigenvalue weighted by Gasteiger charge is 2.39. The maximum Gasteiger partial charge on any atom is 0.223 e. The zero-order valence-corrected chi connectivity index (χ0v) is 16.1. The van der Waals surface area contributed by atoms with Crippen molar-refractivity contribution in [2.75, 3.05) is 0 Å². The summed E-state index contributed by atoms with van der Waals surface area (Å²) in [6.45, 7) is 4.25. The second-order valence-electron chi connectivity index (χ2n) is 6.75. The fourth-order valence-electron chi connectivity index (χ4n) is 3.77. The lowest BCUT2D eigenvalue weighted by molar-refractivity contribution is -0.140. The normalized spacial score (nSPS) is 22.1. The highest BCUT2D eigenvalue weighted by atomic mass is 35.5. The van der Waals surface area contributed by atoms with Gasteiger partial charge in [-0.2, -0.15) is 0 Å². The minimum atomic E-state index is 0.00642. The SMILES string of the molecule is CC[C@@H](C)N1C(=O)CC[C@H](c2cccc(Cl)c2)[C@H]1c1ccc(Cl)cc1. The van der Waals surface area contributed by atoms with Crippen molar-refractivity contribution >= 4 is 29.1 Å². The van der Waals surface area contributed by atoms with Crippen LogP contribution in [-0.2, 0) is 4.79 Å². The van der Waals surface area contributed by atoms with Gasteiger partial charge in [-0.25, -0.2) is 0 Å². The molecule has 1 fully saturated rings. The average Bonchev–Trinajstić information content (AvgIpc) is 2.61. The number of likely N-dealkylation sites (tertiary alicyclic amines) is 1. The Bertz CT molecular complexity index is 744. The van der Waals surface area contributed by atoms with Crippen molar-refractivity contribution in [1.29, 1.82) is 0 Å². The number of carbonyl (C=O) groups is 1. The van der Waals surface area contributed by atoms with Crippen molar-refractivity contribution in [1.82, 2.24) is 4.90 Å². The van der Waals surface area contributed by atoms with E-state index in [2.05, 4.69) is 24.8 Å². The summed E-state index contributed by atoms with van der Waals surface area (Å²) in [6, 6.07) is 16.1. The summed E-state index contributed by atoms with van der Waals surface area (Å²) >= 11 is 12.3. The van der Waals surface area contributed by atoms with E-state index >= 15 is 0 Å². The van der Waals surface area contributed by atoms with E-state index in [1.165, 1.54) is 5.56 Å². The van der Waals surface area contributed by atoms with Gasteiger partial charge in [-0.15, -0.1) is 0 Å². The molecule has 0 unspecified atom stereocenters. The summed E-state index contributed by atoms with van der Waals surface area (Å²) in [5, 5.41) is 1.44. The average molecular weight is 376 g/mol. The Morgan fingerprint density at radius 2 is 1.80 bits per heavy atom. The first-order valence-corrected chi connectivity index (χ1v) is 9.59. The standard InChI is InChI=1S/C21H23Cl2NO/c1-3-14(2)24-20(25)12-11-19(16-5-4-6-18(23)13-16)21(24)15-7-9-17(22)10-8-15/h4-10,13-14,19,21H,3,11-12H2,1-2H3/t14-,19-,21-/m1/s1. The van der Waals surface area contributed by atoms with E-state index in [0.29, 0.717) is 11.4 Å². The van der Waals surface area contributed by atoms with Gasteiger partial charge in [0.25, 0.3) is 0 Å². The van der Waals surface area contributed by atoms with Crippen LogP contribution in [0.2, 0.25) is 10.0 Å². The van der Waals surface area contributed by atoms with Gasteiger partial charge in [0.2, 0.25) is 5.91 Å². The van der Waals surface area contributed by atoms with Crippen LogP contribution in [0.15, 0.2) is 48.5 Å². The van der Waals surface area contributed by atoms with Gasteiger partial charge in [-0.05, 0) is 55.2 Å². The quantitative estimate of drug-likeness (QED) is 0.619. The van der Waals surface area contributed by atoms with Crippen LogP contribution in [0.25, 0.3) is 0 Å². The number of hydrogen-bond donors (Lipinski definition) is 0. The number of halogens is 2. The lowest BCUT2D eigenvalue weighted by Gasteiger charge is -2.45. The summed E-state index contributed by atoms with van der Waals surface area (Å²) in [6.07, 6.45) is 2.34. The highest BCUT2D eigenvalue weighted by molar-refractivity contribution is 6.30. The van der Waals surface area contributed by atoms with Crippen molar-refractivity contribution in [2.45, 2.75) is 51.1 Å². The molecular weight excluding hydrogens is 353 g/mol. The molecule has 0 radical (unpaired) electrons. The molecule has 0 aromatic heterocycles. The minimum Gasteiger partial charge on any atom is -0.332 e. The Morgan fingerprint density at radius 3 is 2.44 bits per heavy atom. The smallest absolute Gasteiger partial charge is 0.223 e. The summed E-state index contributed by atoms with van der Waals surface area (Å²) < 4.78 is 0. The lowest BCUT2D eigenvalue weighted by Crippen LogP contribution is -2.46. The van der Waals surface area contributed by atoms with Gasteiger partial charge in [-0.1, -0.05) is 54.4 Å². The first-order chi connectivity index (χ1) is 12.0. The van der Waals surface area contributed by atoms with Crippen LogP contribution < -0.4 is 0 Å². The molecule has 2 nitrogen and oxygen atoms in total. The van der Waals surface area contributed by atoms with Crippen LogP contribution >= 0.6 is 23.2 Å². The number of hydrogen-bond acceptors (Lipinski definition) is 1. The fourth-order valence-corrected chi connectivity index (χ4v) is 4.10. The van der Waals surface area contributed by atoms with Gasteiger partial charge in [0.05, 0.1) is 6.04 Å². The van der Waals surface area contributed by atoms with Crippen LogP contribution in [-0.4, -0.2) is 16.8 Å². The number of carbonyl (C=O) groups excluding carboxylic acids is 1. The molecule has 1 saturated heterocycles. The zero-order valence-electron chi connectivity index (χ0n) is 14.6. The molecule has 1 amide bonds. The lowest BCUT2D eigenvalue weighted by atomic mass is 9.79. The van der Waals surface area contributed by atoms with Gasteiger partial charge >= 0.3 is 0 Å². The Balaban J connectivity index is 2.08. The van der Waals surface area contributed by atoms with E-state index in [1.54, 1.807) is 0 Å². The number of benzene rings is 2. The molecule has 0 N–H and O–H groups in total. The molecule has 0 spiro atoms. The van der Waals surface area contributed by atoms with E-state index < -0.39 is 0 Å². The molecule has 3 rings (SSSR count). The van der Waals surface area contributed by atoms with E-state index in [4.69, 9.17) is 23.2 Å². The molecule has 1 aliphatic heterocycles. The largest absolute Gasteiger partial charge is 0.332 e. The number of rotatable bonds is 4. The van der Waals surface area contributed by atoms with Crippen LogP contribution in [0.1, 0.15) is 56.2 Å². The van der Waals surface area contributed by atoms with Crippen LogP contribution in [0, 0.1) is 0 Å². The Morgan fingerprint density at radius 1 is 1.08 bits per heavy atom. The van der Waals surface area contributed by atoms with Gasteiger partial charge in [0, 0.05) is 28.4 Å². The fraction of sp³-hybridized carbons (Fsp3) is 0.381. The van der Waals surface area contributed by atoms with E-state index in [1.807, 2.05) is 42.5 Å². The van der Waals surface area contributed by atoms with Crippen molar-refractivity contribution in [3.05, 3.63) is 69.7 Å². The molecule has 132 valence electrons. The summed E-state index contributed by atoms with van der Waals surface area (Å²) in [5.74, 6) is 0.458.